The Balaban J connectivity index is 1.62. The lowest BCUT2D eigenvalue weighted by Gasteiger charge is -2.35. The van der Waals surface area contributed by atoms with Gasteiger partial charge in [-0.3, -0.25) is 4.79 Å². The number of nitrogens with zero attached hydrogens (tertiary/aromatic N) is 4. The zero-order chi connectivity index (χ0) is 21.2. The number of ether oxygens (including phenoxy) is 1. The number of rotatable bonds is 4. The van der Waals surface area contributed by atoms with E-state index in [1.807, 2.05) is 13.8 Å². The molecule has 10 heteroatoms. The first-order chi connectivity index (χ1) is 13.6. The minimum absolute atomic E-state index is 0.0113. The van der Waals surface area contributed by atoms with Crippen LogP contribution in [-0.2, 0) is 6.18 Å². The van der Waals surface area contributed by atoms with Crippen molar-refractivity contribution < 1.29 is 22.7 Å². The van der Waals surface area contributed by atoms with E-state index in [2.05, 4.69) is 9.97 Å². The molecule has 3 rings (SSSR count). The SMILES string of the molecule is CC(C)Oc1ccc(C(=O)N2CCN(c3ncc(C(F)(F)F)cc3Cl)CC2)cn1. The van der Waals surface area contributed by atoms with Crippen LogP contribution >= 0.6 is 11.6 Å². The highest BCUT2D eigenvalue weighted by atomic mass is 35.5. The highest BCUT2D eigenvalue weighted by Gasteiger charge is 2.32. The van der Waals surface area contributed by atoms with Crippen LogP contribution in [0.5, 0.6) is 5.88 Å². The molecule has 0 N–H and O–H groups in total. The fourth-order valence-electron chi connectivity index (χ4n) is 2.94. The molecule has 6 nitrogen and oxygen atoms in total. The smallest absolute Gasteiger partial charge is 0.417 e. The van der Waals surface area contributed by atoms with Gasteiger partial charge in [-0.15, -0.1) is 0 Å². The van der Waals surface area contributed by atoms with Crippen LogP contribution in [-0.4, -0.2) is 53.1 Å². The highest BCUT2D eigenvalue weighted by Crippen LogP contribution is 2.33. The van der Waals surface area contributed by atoms with Gasteiger partial charge in [-0.1, -0.05) is 11.6 Å². The van der Waals surface area contributed by atoms with E-state index in [1.54, 1.807) is 21.9 Å². The molecule has 1 aliphatic heterocycles. The van der Waals surface area contributed by atoms with Crippen molar-refractivity contribution in [1.82, 2.24) is 14.9 Å². The van der Waals surface area contributed by atoms with Gasteiger partial charge >= 0.3 is 6.18 Å². The molecular weight excluding hydrogens is 409 g/mol. The topological polar surface area (TPSA) is 58.6 Å². The molecule has 3 heterocycles. The average Bonchev–Trinajstić information content (AvgIpc) is 2.67. The summed E-state index contributed by atoms with van der Waals surface area (Å²) in [6.07, 6.45) is -2.27. The third kappa shape index (κ3) is 5.09. The molecule has 1 amide bonds. The molecule has 0 aliphatic carbocycles. The van der Waals surface area contributed by atoms with Crippen molar-refractivity contribution in [3.05, 3.63) is 46.7 Å². The molecule has 1 saturated heterocycles. The van der Waals surface area contributed by atoms with Gasteiger partial charge in [0, 0.05) is 44.6 Å². The van der Waals surface area contributed by atoms with Gasteiger partial charge < -0.3 is 14.5 Å². The molecule has 0 radical (unpaired) electrons. The molecule has 0 saturated carbocycles. The summed E-state index contributed by atoms with van der Waals surface area (Å²) >= 11 is 6.01. The molecule has 156 valence electrons. The predicted octanol–water partition coefficient (Wildman–Crippen LogP) is 3.90. The largest absolute Gasteiger partial charge is 0.475 e. The number of piperazine rings is 1. The van der Waals surface area contributed by atoms with Gasteiger partial charge in [0.15, 0.2) is 0 Å². The van der Waals surface area contributed by atoms with Crippen molar-refractivity contribution in [2.24, 2.45) is 0 Å². The van der Waals surface area contributed by atoms with E-state index < -0.39 is 11.7 Å². The second-order valence-corrected chi connectivity index (χ2v) is 7.27. The maximum atomic E-state index is 12.8. The standard InChI is InChI=1S/C19H20ClF3N4O2/c1-12(2)29-16-4-3-13(10-24-16)18(28)27-7-5-26(6-8-27)17-15(20)9-14(11-25-17)19(21,22)23/h3-4,9-12H,5-8H2,1-2H3. The molecule has 0 unspecified atom stereocenters. The summed E-state index contributed by atoms with van der Waals surface area (Å²) in [6.45, 7) is 5.37. The van der Waals surface area contributed by atoms with E-state index in [1.165, 1.54) is 6.20 Å². The van der Waals surface area contributed by atoms with Crippen LogP contribution in [0.25, 0.3) is 0 Å². The summed E-state index contributed by atoms with van der Waals surface area (Å²) in [5, 5.41) is -0.0652. The number of alkyl halides is 3. The predicted molar refractivity (Wildman–Crippen MR) is 102 cm³/mol. The molecule has 1 fully saturated rings. The Hall–Kier alpha value is -2.55. The van der Waals surface area contributed by atoms with Crippen LogP contribution in [0.3, 0.4) is 0 Å². The molecule has 29 heavy (non-hydrogen) atoms. The quantitative estimate of drug-likeness (QED) is 0.739. The van der Waals surface area contributed by atoms with E-state index in [4.69, 9.17) is 16.3 Å². The Labute approximate surface area is 171 Å². The first kappa shape index (κ1) is 21.2. The van der Waals surface area contributed by atoms with Gasteiger partial charge in [0.05, 0.1) is 22.3 Å². The van der Waals surface area contributed by atoms with E-state index in [0.29, 0.717) is 37.6 Å². The van der Waals surface area contributed by atoms with Crippen LogP contribution < -0.4 is 9.64 Å². The third-order valence-electron chi connectivity index (χ3n) is 4.36. The average molecular weight is 429 g/mol. The summed E-state index contributed by atoms with van der Waals surface area (Å²) in [4.78, 5) is 24.1. The van der Waals surface area contributed by atoms with E-state index in [-0.39, 0.29) is 22.9 Å². The minimum Gasteiger partial charge on any atom is -0.475 e. The van der Waals surface area contributed by atoms with Crippen LogP contribution in [0, 0.1) is 0 Å². The van der Waals surface area contributed by atoms with Crippen molar-refractivity contribution in [3.63, 3.8) is 0 Å². The number of carbonyl (C=O) groups excluding carboxylic acids is 1. The number of aromatic nitrogens is 2. The highest BCUT2D eigenvalue weighted by molar-refractivity contribution is 6.33. The molecule has 0 atom stereocenters. The second kappa shape index (κ2) is 8.44. The number of hydrogen-bond acceptors (Lipinski definition) is 5. The first-order valence-corrected chi connectivity index (χ1v) is 9.42. The van der Waals surface area contributed by atoms with Crippen molar-refractivity contribution in [2.45, 2.75) is 26.1 Å². The maximum absolute atomic E-state index is 12.8. The summed E-state index contributed by atoms with van der Waals surface area (Å²) in [7, 11) is 0. The van der Waals surface area contributed by atoms with E-state index in [0.717, 1.165) is 12.3 Å². The number of amides is 1. The molecule has 0 spiro atoms. The number of halogens is 4. The molecule has 1 aliphatic rings. The van der Waals surface area contributed by atoms with Crippen LogP contribution in [0.1, 0.15) is 29.8 Å². The van der Waals surface area contributed by atoms with Gasteiger partial charge in [-0.25, -0.2) is 9.97 Å². The van der Waals surface area contributed by atoms with Gasteiger partial charge in [-0.2, -0.15) is 13.2 Å². The number of anilines is 1. The fraction of sp³-hybridized carbons (Fsp3) is 0.421. The zero-order valence-electron chi connectivity index (χ0n) is 15.9. The Morgan fingerprint density at radius 2 is 1.83 bits per heavy atom. The maximum Gasteiger partial charge on any atom is 0.417 e. The molecule has 0 bridgehead atoms. The lowest BCUT2D eigenvalue weighted by molar-refractivity contribution is -0.137. The lowest BCUT2D eigenvalue weighted by atomic mass is 10.2. The monoisotopic (exact) mass is 428 g/mol. The zero-order valence-corrected chi connectivity index (χ0v) is 16.7. The molecule has 2 aromatic heterocycles. The van der Waals surface area contributed by atoms with E-state index >= 15 is 0 Å². The lowest BCUT2D eigenvalue weighted by Crippen LogP contribution is -2.49. The van der Waals surface area contributed by atoms with Crippen molar-refractivity contribution in [1.29, 1.82) is 0 Å². The van der Waals surface area contributed by atoms with Gasteiger partial charge in [0.2, 0.25) is 5.88 Å². The first-order valence-electron chi connectivity index (χ1n) is 9.05. The summed E-state index contributed by atoms with van der Waals surface area (Å²) in [5.41, 5.74) is -0.447. The summed E-state index contributed by atoms with van der Waals surface area (Å²) in [5.74, 6) is 0.563. The van der Waals surface area contributed by atoms with E-state index in [9.17, 15) is 18.0 Å². The van der Waals surface area contributed by atoms with Crippen LogP contribution in [0.4, 0.5) is 19.0 Å². The van der Waals surface area contributed by atoms with Gasteiger partial charge in [-0.05, 0) is 26.0 Å². The number of pyridine rings is 2. The molecular formula is C19H20ClF3N4O2. The van der Waals surface area contributed by atoms with Crippen molar-refractivity contribution in [2.75, 3.05) is 31.1 Å². The summed E-state index contributed by atoms with van der Waals surface area (Å²) in [6, 6.07) is 4.18. The van der Waals surface area contributed by atoms with Crippen LogP contribution in [0.15, 0.2) is 30.6 Å². The summed E-state index contributed by atoms with van der Waals surface area (Å²) < 4.78 is 43.7. The minimum atomic E-state index is -4.50. The number of hydrogen-bond donors (Lipinski definition) is 0. The Morgan fingerprint density at radius 1 is 1.14 bits per heavy atom. The second-order valence-electron chi connectivity index (χ2n) is 6.86. The normalized spacial score (nSPS) is 15.0. The Morgan fingerprint density at radius 3 is 2.34 bits per heavy atom. The van der Waals surface area contributed by atoms with Crippen molar-refractivity contribution >= 4 is 23.3 Å². The van der Waals surface area contributed by atoms with Gasteiger partial charge in [0.25, 0.3) is 5.91 Å². The number of carbonyl (C=O) groups is 1. The van der Waals surface area contributed by atoms with Crippen LogP contribution in [0.2, 0.25) is 5.02 Å². The Kier molecular flexibility index (Phi) is 6.16. The Bertz CT molecular complexity index is 867. The fourth-order valence-corrected chi connectivity index (χ4v) is 3.23. The molecule has 0 aromatic carbocycles. The molecule has 2 aromatic rings. The third-order valence-corrected chi connectivity index (χ3v) is 4.63. The van der Waals surface area contributed by atoms with Crippen molar-refractivity contribution in [3.8, 4) is 5.88 Å². The van der Waals surface area contributed by atoms with Gasteiger partial charge in [0.1, 0.15) is 5.82 Å².